The first kappa shape index (κ1) is 31.6. The van der Waals surface area contributed by atoms with Crippen LogP contribution in [0.3, 0.4) is 0 Å². The van der Waals surface area contributed by atoms with Crippen LogP contribution >= 0.6 is 23.5 Å². The van der Waals surface area contributed by atoms with Crippen LogP contribution in [0.2, 0.25) is 0 Å². The second-order valence-corrected chi connectivity index (χ2v) is 13.8. The Labute approximate surface area is 290 Å². The molecule has 0 unspecified atom stereocenters. The molecule has 0 amide bonds. The summed E-state index contributed by atoms with van der Waals surface area (Å²) in [5.41, 5.74) is 15.2. The summed E-state index contributed by atoms with van der Waals surface area (Å²) in [6.07, 6.45) is 1.70. The molecule has 2 aliphatic heterocycles. The molecule has 0 saturated heterocycles. The number of anilines is 2. The van der Waals surface area contributed by atoms with Gasteiger partial charge in [0.25, 0.3) is 0 Å². The van der Waals surface area contributed by atoms with E-state index in [1.807, 2.05) is 42.5 Å². The van der Waals surface area contributed by atoms with E-state index in [2.05, 4.69) is 78.1 Å². The molecule has 0 aromatic heterocycles. The summed E-state index contributed by atoms with van der Waals surface area (Å²) in [6, 6.07) is 43.0. The molecule has 48 heavy (non-hydrogen) atoms. The summed E-state index contributed by atoms with van der Waals surface area (Å²) in [5.74, 6) is 2.14. The number of nitrogen functional groups attached to an aromatic ring is 1. The van der Waals surface area contributed by atoms with Gasteiger partial charge in [0.15, 0.2) is 0 Å². The maximum absolute atomic E-state index is 9.83. The average Bonchev–Trinajstić information content (AvgIpc) is 3.14. The molecule has 0 radical (unpaired) electrons. The highest BCUT2D eigenvalue weighted by molar-refractivity contribution is 8.00. The topological polar surface area (TPSA) is 76.7 Å². The van der Waals surface area contributed by atoms with Crippen molar-refractivity contribution in [2.24, 2.45) is 0 Å². The van der Waals surface area contributed by atoms with E-state index in [0.29, 0.717) is 12.4 Å². The Morgan fingerprint density at radius 1 is 0.667 bits per heavy atom. The third kappa shape index (κ3) is 6.98. The minimum atomic E-state index is 0.323. The van der Waals surface area contributed by atoms with Gasteiger partial charge in [-0.15, -0.1) is 0 Å². The minimum Gasteiger partial charge on any atom is -0.507 e. The number of benzene rings is 6. The van der Waals surface area contributed by atoms with Crippen LogP contribution in [0, 0.1) is 0 Å². The molecule has 0 bridgehead atoms. The summed E-state index contributed by atoms with van der Waals surface area (Å²) in [7, 11) is 1.69. The molecule has 0 saturated carbocycles. The number of rotatable bonds is 7. The van der Waals surface area contributed by atoms with Gasteiger partial charge in [-0.25, -0.2) is 0 Å². The van der Waals surface area contributed by atoms with Crippen molar-refractivity contribution in [3.8, 4) is 17.2 Å². The van der Waals surface area contributed by atoms with Gasteiger partial charge in [-0.05, 0) is 81.9 Å². The lowest BCUT2D eigenvalue weighted by molar-refractivity contribution is 0.298. The quantitative estimate of drug-likeness (QED) is 0.115. The van der Waals surface area contributed by atoms with Gasteiger partial charge in [0.05, 0.1) is 16.9 Å². The second kappa shape index (κ2) is 14.4. The number of hydrogen-bond donors (Lipinski definition) is 3. The number of fused-ring (bicyclic) bond motifs is 4. The molecule has 0 fully saturated rings. The zero-order chi connectivity index (χ0) is 32.9. The maximum atomic E-state index is 9.83. The lowest BCUT2D eigenvalue weighted by Gasteiger charge is -2.25. The van der Waals surface area contributed by atoms with Crippen molar-refractivity contribution < 1.29 is 14.6 Å². The third-order valence-corrected chi connectivity index (χ3v) is 11.0. The summed E-state index contributed by atoms with van der Waals surface area (Å²) in [4.78, 5) is 4.62. The van der Waals surface area contributed by atoms with Gasteiger partial charge >= 0.3 is 0 Å². The van der Waals surface area contributed by atoms with E-state index < -0.39 is 0 Å². The van der Waals surface area contributed by atoms with Gasteiger partial charge in [-0.1, -0.05) is 102 Å². The number of phenolic OH excluding ortho intramolecular Hbond substituents is 1. The first-order valence-electron chi connectivity index (χ1n) is 15.9. The van der Waals surface area contributed by atoms with Gasteiger partial charge in [0.2, 0.25) is 0 Å². The van der Waals surface area contributed by atoms with E-state index in [4.69, 9.17) is 15.2 Å². The highest BCUT2D eigenvalue weighted by Crippen LogP contribution is 2.48. The van der Waals surface area contributed by atoms with E-state index in [1.165, 1.54) is 42.5 Å². The lowest BCUT2D eigenvalue weighted by atomic mass is 10.0. The summed E-state index contributed by atoms with van der Waals surface area (Å²) < 4.78 is 11.6. The molecule has 240 valence electrons. The molecule has 4 N–H and O–H groups in total. The molecule has 0 aliphatic carbocycles. The number of ether oxygens (including phenoxy) is 2. The van der Waals surface area contributed by atoms with E-state index in [-0.39, 0.29) is 0 Å². The van der Waals surface area contributed by atoms with Gasteiger partial charge in [-0.2, -0.15) is 0 Å². The molecule has 7 heteroatoms. The van der Waals surface area contributed by atoms with Gasteiger partial charge < -0.3 is 25.6 Å². The highest BCUT2D eigenvalue weighted by atomic mass is 32.2. The SMILES string of the molecule is COc1ccc(CNc2ccc(OCc3ccccc3)c3c2Cc2ccccc2S3)cc1.Nc1ccc(O)c2c1Cc1ccccc1S2. The number of methoxy groups -OCH3 is 1. The number of aromatic hydroxyl groups is 1. The van der Waals surface area contributed by atoms with Crippen molar-refractivity contribution in [3.63, 3.8) is 0 Å². The molecule has 5 nitrogen and oxygen atoms in total. The lowest BCUT2D eigenvalue weighted by Crippen LogP contribution is -2.09. The number of nitrogens with two attached hydrogens (primary N) is 1. The smallest absolute Gasteiger partial charge is 0.134 e. The maximum Gasteiger partial charge on any atom is 0.134 e. The Morgan fingerprint density at radius 2 is 1.31 bits per heavy atom. The van der Waals surface area contributed by atoms with Crippen LogP contribution in [0.5, 0.6) is 17.2 Å². The van der Waals surface area contributed by atoms with Crippen molar-refractivity contribution in [2.45, 2.75) is 45.6 Å². The molecular formula is C41H36N2O3S2. The van der Waals surface area contributed by atoms with Crippen molar-refractivity contribution in [1.82, 2.24) is 0 Å². The first-order valence-corrected chi connectivity index (χ1v) is 17.5. The summed E-state index contributed by atoms with van der Waals surface area (Å²) in [6.45, 7) is 1.32. The Balaban J connectivity index is 0.000000190. The number of phenols is 1. The van der Waals surface area contributed by atoms with Crippen molar-refractivity contribution in [2.75, 3.05) is 18.2 Å². The van der Waals surface area contributed by atoms with E-state index in [0.717, 1.165) is 52.7 Å². The molecule has 0 spiro atoms. The van der Waals surface area contributed by atoms with Crippen LogP contribution in [-0.2, 0) is 26.0 Å². The van der Waals surface area contributed by atoms with Crippen LogP contribution in [0.15, 0.2) is 147 Å². The standard InChI is InChI=1S/C28H25NO2S.C13H11NOS/c1-30-23-13-11-20(12-14-23)18-29-25-15-16-26(31-19-21-7-3-2-4-8-21)28-24(25)17-22-9-5-6-10-27(22)32-28;14-10-5-6-11(15)13-9(10)7-8-3-1-2-4-12(8)16-13/h2-16,29H,17-19H2,1H3;1-6,15H,7,14H2. The Morgan fingerprint density at radius 3 is 2.02 bits per heavy atom. The van der Waals surface area contributed by atoms with Crippen LogP contribution in [0.4, 0.5) is 11.4 Å². The van der Waals surface area contributed by atoms with Crippen LogP contribution in [0.25, 0.3) is 0 Å². The molecule has 0 atom stereocenters. The van der Waals surface area contributed by atoms with Crippen molar-refractivity contribution in [3.05, 3.63) is 161 Å². The molecule has 8 rings (SSSR count). The van der Waals surface area contributed by atoms with E-state index in [1.54, 1.807) is 42.8 Å². The number of nitrogens with one attached hydrogen (secondary N) is 1. The Bertz CT molecular complexity index is 2000. The monoisotopic (exact) mass is 668 g/mol. The molecule has 6 aromatic carbocycles. The molecule has 2 aliphatic rings. The zero-order valence-corrected chi connectivity index (χ0v) is 28.2. The normalized spacial score (nSPS) is 12.3. The average molecular weight is 669 g/mol. The molecular weight excluding hydrogens is 633 g/mol. The van der Waals surface area contributed by atoms with E-state index >= 15 is 0 Å². The fourth-order valence-electron chi connectivity index (χ4n) is 5.88. The predicted molar refractivity (Wildman–Crippen MR) is 197 cm³/mol. The zero-order valence-electron chi connectivity index (χ0n) is 26.6. The second-order valence-electron chi connectivity index (χ2n) is 11.6. The van der Waals surface area contributed by atoms with Crippen LogP contribution in [-0.4, -0.2) is 12.2 Å². The molecule has 6 aromatic rings. The summed E-state index contributed by atoms with van der Waals surface area (Å²) >= 11 is 3.40. The minimum absolute atomic E-state index is 0.323. The van der Waals surface area contributed by atoms with Gasteiger partial charge in [-0.3, -0.25) is 0 Å². The van der Waals surface area contributed by atoms with Crippen LogP contribution < -0.4 is 20.5 Å². The van der Waals surface area contributed by atoms with E-state index in [9.17, 15) is 5.11 Å². The van der Waals surface area contributed by atoms with Gasteiger partial charge in [0.1, 0.15) is 23.9 Å². The number of hydrogen-bond acceptors (Lipinski definition) is 7. The Hall–Kier alpha value is -4.98. The van der Waals surface area contributed by atoms with Crippen LogP contribution in [0.1, 0.15) is 33.4 Å². The molecule has 2 heterocycles. The van der Waals surface area contributed by atoms with Gasteiger partial charge in [0, 0.05) is 40.6 Å². The first-order chi connectivity index (χ1) is 23.6. The van der Waals surface area contributed by atoms with Crippen molar-refractivity contribution >= 4 is 34.9 Å². The summed E-state index contributed by atoms with van der Waals surface area (Å²) in [5, 5.41) is 13.5. The fraction of sp³-hybridized carbons (Fsp3) is 0.122. The predicted octanol–water partition coefficient (Wildman–Crippen LogP) is 9.97. The third-order valence-electron chi connectivity index (χ3n) is 8.48. The highest BCUT2D eigenvalue weighted by Gasteiger charge is 2.23. The van der Waals surface area contributed by atoms with Crippen molar-refractivity contribution in [1.29, 1.82) is 0 Å². The fourth-order valence-corrected chi connectivity index (χ4v) is 8.17. The largest absolute Gasteiger partial charge is 0.507 e. The Kier molecular flexibility index (Phi) is 9.50.